The Morgan fingerprint density at radius 1 is 1.12 bits per heavy atom. The number of halogens is 3. The molecule has 0 aliphatic rings. The number of allylic oxidation sites excluding steroid dienone is 4. The minimum atomic E-state index is -5.51. The van der Waals surface area contributed by atoms with Crippen molar-refractivity contribution in [2.45, 2.75) is 50.5 Å². The molecule has 0 aliphatic carbocycles. The lowest BCUT2D eigenvalue weighted by Crippen LogP contribution is -2.33. The van der Waals surface area contributed by atoms with Crippen molar-refractivity contribution in [3.8, 4) is 0 Å². The van der Waals surface area contributed by atoms with Gasteiger partial charge in [0.25, 0.3) is 9.84 Å². The summed E-state index contributed by atoms with van der Waals surface area (Å²) in [5.74, 6) is -2.87. The highest BCUT2D eigenvalue weighted by molar-refractivity contribution is 7.92. The normalized spacial score (nSPS) is 17.1. The maximum absolute atomic E-state index is 12.7. The molecule has 1 unspecified atom stereocenters. The molecule has 0 saturated carbocycles. The second-order valence-corrected chi connectivity index (χ2v) is 8.83. The minimum absolute atomic E-state index is 0.131. The Hall–Kier alpha value is -2.21. The van der Waals surface area contributed by atoms with Crippen LogP contribution in [0.5, 0.6) is 0 Å². The van der Waals surface area contributed by atoms with Gasteiger partial charge in [0.15, 0.2) is 5.94 Å². The number of aliphatic hydroxyl groups is 2. The van der Waals surface area contributed by atoms with E-state index in [0.717, 1.165) is 6.08 Å². The average Bonchev–Trinajstić information content (AvgIpc) is 2.75. The van der Waals surface area contributed by atoms with Crippen LogP contribution in [0, 0.1) is 5.92 Å². The van der Waals surface area contributed by atoms with E-state index in [-0.39, 0.29) is 13.0 Å². The number of carbonyl (C=O) groups is 1. The molecule has 4 atom stereocenters. The average molecular weight is 497 g/mol. The molecule has 7 nitrogen and oxygen atoms in total. The highest BCUT2D eigenvalue weighted by Gasteiger charge is 2.46. The van der Waals surface area contributed by atoms with Gasteiger partial charge >= 0.3 is 11.5 Å². The lowest BCUT2D eigenvalue weighted by atomic mass is 9.97. The second-order valence-electron chi connectivity index (χ2n) is 6.90. The summed E-state index contributed by atoms with van der Waals surface area (Å²) in [6.07, 6.45) is 10.4. The fourth-order valence-electron chi connectivity index (χ4n) is 2.33. The standard InChI is InChI=1S/C22H31F3O7S/c1-4-19(32-21(28)5-2)13-12-17(3)20(31-16-33(29,30)22(23,24)25)15-18(27)11-9-7-6-8-10-14-26/h5-13,17-20,26-27H,2,4,14-16H2,1,3H3/b7-6-,10-8+,11-9-,13-12+/t17-,18-,19+,20?/m0/s1. The number of ether oxygens (including phenoxy) is 2. The van der Waals surface area contributed by atoms with Crippen LogP contribution in [0.3, 0.4) is 0 Å². The summed E-state index contributed by atoms with van der Waals surface area (Å²) in [4.78, 5) is 11.4. The molecular weight excluding hydrogens is 465 g/mol. The summed E-state index contributed by atoms with van der Waals surface area (Å²) in [6.45, 7) is 6.48. The highest BCUT2D eigenvalue weighted by atomic mass is 32.2. The largest absolute Gasteiger partial charge is 0.499 e. The summed E-state index contributed by atoms with van der Waals surface area (Å²) in [7, 11) is -5.51. The molecule has 0 aromatic carbocycles. The lowest BCUT2D eigenvalue weighted by Gasteiger charge is -2.24. The van der Waals surface area contributed by atoms with Crippen molar-refractivity contribution in [2.75, 3.05) is 12.5 Å². The lowest BCUT2D eigenvalue weighted by molar-refractivity contribution is -0.140. The summed E-state index contributed by atoms with van der Waals surface area (Å²) in [5.41, 5.74) is -5.46. The summed E-state index contributed by atoms with van der Waals surface area (Å²) < 4.78 is 70.9. The van der Waals surface area contributed by atoms with E-state index in [2.05, 4.69) is 6.58 Å². The fraction of sp³-hybridized carbons (Fsp3) is 0.500. The number of alkyl halides is 3. The number of rotatable bonds is 15. The van der Waals surface area contributed by atoms with Gasteiger partial charge in [-0.15, -0.1) is 0 Å². The highest BCUT2D eigenvalue weighted by Crippen LogP contribution is 2.26. The predicted molar refractivity (Wildman–Crippen MR) is 119 cm³/mol. The minimum Gasteiger partial charge on any atom is -0.455 e. The third-order valence-electron chi connectivity index (χ3n) is 4.22. The van der Waals surface area contributed by atoms with Crippen LogP contribution in [0.25, 0.3) is 0 Å². The number of hydrogen-bond acceptors (Lipinski definition) is 7. The van der Waals surface area contributed by atoms with Crippen LogP contribution < -0.4 is 0 Å². The third kappa shape index (κ3) is 13.2. The van der Waals surface area contributed by atoms with E-state index in [4.69, 9.17) is 14.6 Å². The van der Waals surface area contributed by atoms with E-state index in [9.17, 15) is 31.5 Å². The molecule has 33 heavy (non-hydrogen) atoms. The molecule has 188 valence electrons. The Balaban J connectivity index is 5.42. The van der Waals surface area contributed by atoms with Crippen molar-refractivity contribution in [3.63, 3.8) is 0 Å². The van der Waals surface area contributed by atoms with Gasteiger partial charge in [0.2, 0.25) is 0 Å². The van der Waals surface area contributed by atoms with Gasteiger partial charge < -0.3 is 19.7 Å². The van der Waals surface area contributed by atoms with Gasteiger partial charge in [-0.25, -0.2) is 13.2 Å². The molecule has 0 fully saturated rings. The van der Waals surface area contributed by atoms with Crippen LogP contribution in [0.4, 0.5) is 13.2 Å². The first-order valence-electron chi connectivity index (χ1n) is 10.1. The van der Waals surface area contributed by atoms with E-state index < -0.39 is 51.5 Å². The maximum Gasteiger partial charge on any atom is 0.499 e. The van der Waals surface area contributed by atoms with Gasteiger partial charge in [-0.3, -0.25) is 0 Å². The van der Waals surface area contributed by atoms with Crippen molar-refractivity contribution in [2.24, 2.45) is 5.92 Å². The van der Waals surface area contributed by atoms with Crippen LogP contribution in [-0.2, 0) is 24.1 Å². The third-order valence-corrected chi connectivity index (χ3v) is 5.38. The summed E-state index contributed by atoms with van der Waals surface area (Å²) in [6, 6.07) is 0. The predicted octanol–water partition coefficient (Wildman–Crippen LogP) is 3.38. The molecule has 0 heterocycles. The van der Waals surface area contributed by atoms with Crippen molar-refractivity contribution >= 4 is 15.8 Å². The molecule has 0 rings (SSSR count). The van der Waals surface area contributed by atoms with Crippen LogP contribution in [0.2, 0.25) is 0 Å². The van der Waals surface area contributed by atoms with Crippen LogP contribution in [-0.4, -0.2) is 61.0 Å². The van der Waals surface area contributed by atoms with E-state index in [1.165, 1.54) is 30.4 Å². The van der Waals surface area contributed by atoms with Gasteiger partial charge in [0.05, 0.1) is 18.8 Å². The van der Waals surface area contributed by atoms with Crippen LogP contribution >= 0.6 is 0 Å². The van der Waals surface area contributed by atoms with E-state index in [1.807, 2.05) is 0 Å². The molecule has 0 aromatic rings. The molecule has 0 amide bonds. The molecule has 0 spiro atoms. The fourth-order valence-corrected chi connectivity index (χ4v) is 2.82. The quantitative estimate of drug-likeness (QED) is 0.155. The first kappa shape index (κ1) is 30.8. The number of hydrogen-bond donors (Lipinski definition) is 2. The van der Waals surface area contributed by atoms with Gasteiger partial charge in [-0.2, -0.15) is 13.2 Å². The molecule has 0 bridgehead atoms. The Morgan fingerprint density at radius 2 is 1.76 bits per heavy atom. The maximum atomic E-state index is 12.7. The Kier molecular flexibility index (Phi) is 14.6. The van der Waals surface area contributed by atoms with Crippen LogP contribution in [0.15, 0.2) is 61.3 Å². The summed E-state index contributed by atoms with van der Waals surface area (Å²) >= 11 is 0. The Labute approximate surface area is 192 Å². The topological polar surface area (TPSA) is 110 Å². The molecule has 11 heteroatoms. The van der Waals surface area contributed by atoms with Crippen molar-refractivity contribution in [1.29, 1.82) is 0 Å². The number of sulfone groups is 1. The zero-order valence-corrected chi connectivity index (χ0v) is 19.3. The molecule has 2 N–H and O–H groups in total. The van der Waals surface area contributed by atoms with Gasteiger partial charge in [0, 0.05) is 18.4 Å². The summed E-state index contributed by atoms with van der Waals surface area (Å²) in [5, 5.41) is 18.8. The second kappa shape index (κ2) is 15.6. The number of carbonyl (C=O) groups excluding carboxylic acids is 1. The Bertz CT molecular complexity index is 814. The number of aliphatic hydroxyl groups excluding tert-OH is 2. The first-order valence-corrected chi connectivity index (χ1v) is 11.7. The molecule has 0 radical (unpaired) electrons. The van der Waals surface area contributed by atoms with Crippen molar-refractivity contribution in [3.05, 3.63) is 61.3 Å². The number of esters is 1. The molecular formula is C22H31F3O7S. The van der Waals surface area contributed by atoms with Gasteiger partial charge in [0.1, 0.15) is 6.10 Å². The zero-order chi connectivity index (χ0) is 25.5. The smallest absolute Gasteiger partial charge is 0.455 e. The van der Waals surface area contributed by atoms with Crippen LogP contribution in [0.1, 0.15) is 26.7 Å². The van der Waals surface area contributed by atoms with E-state index in [1.54, 1.807) is 32.1 Å². The zero-order valence-electron chi connectivity index (χ0n) is 18.5. The SMILES string of the molecule is C=CC(=O)O[C@@H](/C=C/[C@H](C)C(C[C@@H](O)\C=C/C=C\C=C\CO)OCS(=O)(=O)C(F)(F)F)CC. The van der Waals surface area contributed by atoms with Crippen molar-refractivity contribution < 1.29 is 46.1 Å². The monoisotopic (exact) mass is 496 g/mol. The van der Waals surface area contributed by atoms with Crippen molar-refractivity contribution in [1.82, 2.24) is 0 Å². The first-order chi connectivity index (χ1) is 15.4. The molecule has 0 aromatic heterocycles. The Morgan fingerprint density at radius 3 is 2.30 bits per heavy atom. The molecule has 0 saturated heterocycles. The van der Waals surface area contributed by atoms with E-state index >= 15 is 0 Å². The van der Waals surface area contributed by atoms with Gasteiger partial charge in [-0.05, 0) is 12.5 Å². The van der Waals surface area contributed by atoms with E-state index in [0.29, 0.717) is 6.42 Å². The van der Waals surface area contributed by atoms with Gasteiger partial charge in [-0.1, -0.05) is 63.0 Å². The molecule has 0 aliphatic heterocycles.